The summed E-state index contributed by atoms with van der Waals surface area (Å²) in [6.45, 7) is 1.46. The Labute approximate surface area is 99.9 Å². The summed E-state index contributed by atoms with van der Waals surface area (Å²) in [5.41, 5.74) is -1.60. The van der Waals surface area contributed by atoms with Crippen LogP contribution in [0.4, 0.5) is 14.5 Å². The number of ether oxygens (including phenoxy) is 1. The van der Waals surface area contributed by atoms with Crippen molar-refractivity contribution in [2.24, 2.45) is 0 Å². The third-order valence-corrected chi connectivity index (χ3v) is 2.05. The molecule has 0 saturated heterocycles. The average molecular weight is 261 g/mol. The highest BCUT2D eigenvalue weighted by Crippen LogP contribution is 2.26. The van der Waals surface area contributed by atoms with Crippen molar-refractivity contribution in [2.45, 2.75) is 13.0 Å². The minimum Gasteiger partial charge on any atom is -0.464 e. The summed E-state index contributed by atoms with van der Waals surface area (Å²) in [5, 5.41) is 19.9. The standard InChI is InChI=1S/C10H9F2NO5/c1-2-18-10(15)9(14)5-3-6(11)8(12)7(4-5)13(16)17/h3-4,9,14H,2H2,1H3. The second-order valence-corrected chi connectivity index (χ2v) is 3.25. The van der Waals surface area contributed by atoms with E-state index in [1.54, 1.807) is 0 Å². The monoisotopic (exact) mass is 261 g/mol. The molecular formula is C10H9F2NO5. The van der Waals surface area contributed by atoms with Gasteiger partial charge >= 0.3 is 11.7 Å². The van der Waals surface area contributed by atoms with E-state index in [-0.39, 0.29) is 6.61 Å². The van der Waals surface area contributed by atoms with Gasteiger partial charge in [-0.2, -0.15) is 4.39 Å². The Morgan fingerprint density at radius 3 is 2.67 bits per heavy atom. The minimum absolute atomic E-state index is 0.0261. The van der Waals surface area contributed by atoms with Crippen molar-refractivity contribution in [1.82, 2.24) is 0 Å². The lowest BCUT2D eigenvalue weighted by Gasteiger charge is -2.10. The highest BCUT2D eigenvalue weighted by molar-refractivity contribution is 5.76. The second kappa shape index (κ2) is 5.50. The van der Waals surface area contributed by atoms with Gasteiger partial charge in [-0.15, -0.1) is 0 Å². The predicted molar refractivity (Wildman–Crippen MR) is 54.6 cm³/mol. The number of esters is 1. The quantitative estimate of drug-likeness (QED) is 0.503. The van der Waals surface area contributed by atoms with Crippen molar-refractivity contribution in [3.05, 3.63) is 39.4 Å². The van der Waals surface area contributed by atoms with Crippen LogP contribution in [0.25, 0.3) is 0 Å². The lowest BCUT2D eigenvalue weighted by Crippen LogP contribution is -2.16. The summed E-state index contributed by atoms with van der Waals surface area (Å²) < 4.78 is 30.6. The SMILES string of the molecule is CCOC(=O)C(O)c1cc(F)c(F)c([N+](=O)[O-])c1. The lowest BCUT2D eigenvalue weighted by molar-refractivity contribution is -0.387. The molecule has 1 aromatic carbocycles. The molecule has 0 aromatic heterocycles. The van der Waals surface area contributed by atoms with E-state index in [0.717, 1.165) is 0 Å². The molecule has 1 rings (SSSR count). The largest absolute Gasteiger partial charge is 0.464 e. The molecule has 0 aliphatic heterocycles. The van der Waals surface area contributed by atoms with Crippen LogP contribution < -0.4 is 0 Å². The smallest absolute Gasteiger partial charge is 0.339 e. The number of aliphatic hydroxyl groups excluding tert-OH is 1. The minimum atomic E-state index is -1.90. The molecule has 1 N–H and O–H groups in total. The molecular weight excluding hydrogens is 252 g/mol. The second-order valence-electron chi connectivity index (χ2n) is 3.25. The number of nitro groups is 1. The average Bonchev–Trinajstić information content (AvgIpc) is 2.31. The van der Waals surface area contributed by atoms with Crippen LogP contribution in [-0.2, 0) is 9.53 Å². The van der Waals surface area contributed by atoms with Crippen LogP contribution in [0.2, 0.25) is 0 Å². The summed E-state index contributed by atoms with van der Waals surface area (Å²) in [7, 11) is 0. The predicted octanol–water partition coefficient (Wildman–Crippen LogP) is 1.47. The van der Waals surface area contributed by atoms with Crippen LogP contribution in [0.15, 0.2) is 12.1 Å². The van der Waals surface area contributed by atoms with Gasteiger partial charge in [-0.3, -0.25) is 10.1 Å². The fourth-order valence-electron chi connectivity index (χ4n) is 1.24. The molecule has 98 valence electrons. The van der Waals surface area contributed by atoms with Gasteiger partial charge in [-0.05, 0) is 13.0 Å². The Bertz CT molecular complexity index is 491. The van der Waals surface area contributed by atoms with Crippen LogP contribution in [0, 0.1) is 21.7 Å². The number of carbonyl (C=O) groups excluding carboxylic acids is 1. The number of halogens is 2. The zero-order chi connectivity index (χ0) is 13.9. The Kier molecular flexibility index (Phi) is 4.27. The third-order valence-electron chi connectivity index (χ3n) is 2.05. The molecule has 0 heterocycles. The summed E-state index contributed by atoms with van der Waals surface area (Å²) in [4.78, 5) is 20.5. The van der Waals surface area contributed by atoms with E-state index in [1.807, 2.05) is 0 Å². The molecule has 0 aliphatic rings. The molecule has 8 heteroatoms. The van der Waals surface area contributed by atoms with Crippen molar-refractivity contribution in [3.63, 3.8) is 0 Å². The Morgan fingerprint density at radius 2 is 2.17 bits per heavy atom. The zero-order valence-electron chi connectivity index (χ0n) is 9.22. The van der Waals surface area contributed by atoms with Crippen molar-refractivity contribution in [1.29, 1.82) is 0 Å². The normalized spacial score (nSPS) is 12.0. The highest BCUT2D eigenvalue weighted by atomic mass is 19.2. The summed E-state index contributed by atoms with van der Waals surface area (Å²) >= 11 is 0. The third kappa shape index (κ3) is 2.77. The van der Waals surface area contributed by atoms with Crippen LogP contribution in [0.5, 0.6) is 0 Å². The van der Waals surface area contributed by atoms with Crippen molar-refractivity contribution in [3.8, 4) is 0 Å². The van der Waals surface area contributed by atoms with Crippen molar-refractivity contribution < 1.29 is 28.3 Å². The van der Waals surface area contributed by atoms with E-state index in [4.69, 9.17) is 0 Å². The van der Waals surface area contributed by atoms with E-state index in [2.05, 4.69) is 4.74 Å². The van der Waals surface area contributed by atoms with Crippen LogP contribution in [0.1, 0.15) is 18.6 Å². The Hall–Kier alpha value is -2.09. The number of hydrogen-bond acceptors (Lipinski definition) is 5. The lowest BCUT2D eigenvalue weighted by atomic mass is 10.1. The number of carbonyl (C=O) groups is 1. The van der Waals surface area contributed by atoms with Gasteiger partial charge < -0.3 is 9.84 Å². The molecule has 1 aromatic rings. The van der Waals surface area contributed by atoms with Gasteiger partial charge in [0.15, 0.2) is 11.9 Å². The maximum absolute atomic E-state index is 13.1. The summed E-state index contributed by atoms with van der Waals surface area (Å²) in [6, 6.07) is 1.09. The Balaban J connectivity index is 3.18. The molecule has 18 heavy (non-hydrogen) atoms. The number of aliphatic hydroxyl groups is 1. The fourth-order valence-corrected chi connectivity index (χ4v) is 1.24. The maximum Gasteiger partial charge on any atom is 0.339 e. The van der Waals surface area contributed by atoms with Crippen LogP contribution >= 0.6 is 0 Å². The number of benzene rings is 1. The van der Waals surface area contributed by atoms with Gasteiger partial charge in [-0.1, -0.05) is 0 Å². The van der Waals surface area contributed by atoms with Gasteiger partial charge in [0.25, 0.3) is 0 Å². The fraction of sp³-hybridized carbons (Fsp3) is 0.300. The molecule has 6 nitrogen and oxygen atoms in total. The van der Waals surface area contributed by atoms with Crippen molar-refractivity contribution in [2.75, 3.05) is 6.61 Å². The summed E-state index contributed by atoms with van der Waals surface area (Å²) in [6.07, 6.45) is -1.90. The molecule has 0 spiro atoms. The van der Waals surface area contributed by atoms with E-state index < -0.39 is 39.9 Å². The molecule has 0 fully saturated rings. The van der Waals surface area contributed by atoms with E-state index in [0.29, 0.717) is 12.1 Å². The molecule has 0 saturated carbocycles. The molecule has 0 radical (unpaired) electrons. The number of rotatable bonds is 4. The first-order chi connectivity index (χ1) is 8.38. The molecule has 0 amide bonds. The van der Waals surface area contributed by atoms with E-state index >= 15 is 0 Å². The molecule has 0 bridgehead atoms. The number of nitro benzene ring substituents is 1. The highest BCUT2D eigenvalue weighted by Gasteiger charge is 2.26. The van der Waals surface area contributed by atoms with Crippen LogP contribution in [0.3, 0.4) is 0 Å². The van der Waals surface area contributed by atoms with Crippen molar-refractivity contribution >= 4 is 11.7 Å². The first kappa shape index (κ1) is 14.0. The zero-order valence-corrected chi connectivity index (χ0v) is 9.22. The topological polar surface area (TPSA) is 89.7 Å². The van der Waals surface area contributed by atoms with E-state index in [9.17, 15) is 28.8 Å². The molecule has 1 unspecified atom stereocenters. The van der Waals surface area contributed by atoms with Gasteiger partial charge in [0.05, 0.1) is 11.5 Å². The molecule has 0 aliphatic carbocycles. The first-order valence-electron chi connectivity index (χ1n) is 4.86. The van der Waals surface area contributed by atoms with Crippen LogP contribution in [-0.4, -0.2) is 22.6 Å². The Morgan fingerprint density at radius 1 is 1.56 bits per heavy atom. The van der Waals surface area contributed by atoms with Gasteiger partial charge in [-0.25, -0.2) is 9.18 Å². The van der Waals surface area contributed by atoms with Gasteiger partial charge in [0, 0.05) is 11.6 Å². The number of hydrogen-bond donors (Lipinski definition) is 1. The van der Waals surface area contributed by atoms with Gasteiger partial charge in [0.2, 0.25) is 5.82 Å². The summed E-state index contributed by atoms with van der Waals surface area (Å²) in [5.74, 6) is -4.28. The number of nitrogens with zero attached hydrogens (tertiary/aromatic N) is 1. The van der Waals surface area contributed by atoms with Gasteiger partial charge in [0.1, 0.15) is 0 Å². The maximum atomic E-state index is 13.1. The first-order valence-corrected chi connectivity index (χ1v) is 4.86. The van der Waals surface area contributed by atoms with E-state index in [1.165, 1.54) is 6.92 Å². The molecule has 1 atom stereocenters.